The molecular weight excluding hydrogens is 176 g/mol. The van der Waals surface area contributed by atoms with Crippen molar-refractivity contribution in [3.63, 3.8) is 0 Å². The summed E-state index contributed by atoms with van der Waals surface area (Å²) in [5.41, 5.74) is 0. The molecule has 0 amide bonds. The molecule has 0 aliphatic heterocycles. The van der Waals surface area contributed by atoms with E-state index >= 15 is 0 Å². The standard InChI is InChI=1S/C8H13Br/c9-8-6-4-2-1-3-5-7-8/h1-2,8H,3-7H2. The second-order valence-electron chi connectivity index (χ2n) is 2.58. The summed E-state index contributed by atoms with van der Waals surface area (Å²) in [5, 5.41) is 0. The summed E-state index contributed by atoms with van der Waals surface area (Å²) in [5.74, 6) is 0. The van der Waals surface area contributed by atoms with E-state index in [4.69, 9.17) is 0 Å². The van der Waals surface area contributed by atoms with Crippen molar-refractivity contribution in [1.82, 2.24) is 0 Å². The number of alkyl halides is 1. The molecule has 0 bridgehead atoms. The number of hydrogen-bond acceptors (Lipinski definition) is 0. The maximum atomic E-state index is 3.64. The van der Waals surface area contributed by atoms with Crippen LogP contribution in [-0.2, 0) is 0 Å². The summed E-state index contributed by atoms with van der Waals surface area (Å²) < 4.78 is 0. The molecule has 1 aliphatic rings. The number of hydrogen-bond donors (Lipinski definition) is 0. The third kappa shape index (κ3) is 3.04. The van der Waals surface area contributed by atoms with Gasteiger partial charge in [-0.05, 0) is 32.1 Å². The third-order valence-corrected chi connectivity index (χ3v) is 2.62. The molecule has 0 spiro atoms. The van der Waals surface area contributed by atoms with E-state index in [2.05, 4.69) is 28.1 Å². The quantitative estimate of drug-likeness (QED) is 0.405. The fraction of sp³-hybridized carbons (Fsp3) is 0.750. The Balaban J connectivity index is 2.27. The predicted molar refractivity (Wildman–Crippen MR) is 44.9 cm³/mol. The topological polar surface area (TPSA) is 0 Å². The summed E-state index contributed by atoms with van der Waals surface area (Å²) in [4.78, 5) is 0.780. The first kappa shape index (κ1) is 7.33. The minimum atomic E-state index is 0.780. The molecule has 9 heavy (non-hydrogen) atoms. The van der Waals surface area contributed by atoms with Crippen LogP contribution in [0.3, 0.4) is 0 Å². The van der Waals surface area contributed by atoms with Crippen LogP contribution in [-0.4, -0.2) is 4.83 Å². The maximum Gasteiger partial charge on any atom is 0.0148 e. The smallest absolute Gasteiger partial charge is 0.0148 e. The molecule has 1 rings (SSSR count). The highest BCUT2D eigenvalue weighted by molar-refractivity contribution is 9.09. The average Bonchev–Trinajstić information content (AvgIpc) is 1.79. The van der Waals surface area contributed by atoms with E-state index in [1.54, 1.807) is 0 Å². The molecule has 0 aromatic heterocycles. The highest BCUT2D eigenvalue weighted by Gasteiger charge is 2.02. The lowest BCUT2D eigenvalue weighted by Gasteiger charge is -2.08. The maximum absolute atomic E-state index is 3.64. The van der Waals surface area contributed by atoms with Crippen LogP contribution in [0.25, 0.3) is 0 Å². The van der Waals surface area contributed by atoms with Crippen LogP contribution < -0.4 is 0 Å². The van der Waals surface area contributed by atoms with Crippen molar-refractivity contribution >= 4 is 15.9 Å². The number of rotatable bonds is 0. The van der Waals surface area contributed by atoms with Gasteiger partial charge in [0, 0.05) is 4.83 Å². The summed E-state index contributed by atoms with van der Waals surface area (Å²) >= 11 is 3.64. The molecule has 0 nitrogen and oxygen atoms in total. The molecule has 0 radical (unpaired) electrons. The molecule has 52 valence electrons. The van der Waals surface area contributed by atoms with Crippen LogP contribution in [0.4, 0.5) is 0 Å². The normalized spacial score (nSPS) is 29.2. The Morgan fingerprint density at radius 2 is 1.89 bits per heavy atom. The third-order valence-electron chi connectivity index (χ3n) is 1.70. The highest BCUT2D eigenvalue weighted by Crippen LogP contribution is 2.18. The van der Waals surface area contributed by atoms with Gasteiger partial charge in [-0.2, -0.15) is 0 Å². The van der Waals surface area contributed by atoms with E-state index < -0.39 is 0 Å². The average molecular weight is 189 g/mol. The number of halogens is 1. The van der Waals surface area contributed by atoms with Gasteiger partial charge in [-0.25, -0.2) is 0 Å². The van der Waals surface area contributed by atoms with E-state index in [1.807, 2.05) is 0 Å². The molecule has 0 N–H and O–H groups in total. The monoisotopic (exact) mass is 188 g/mol. The largest absolute Gasteiger partial charge is 0.0891 e. The second-order valence-corrected chi connectivity index (χ2v) is 3.87. The van der Waals surface area contributed by atoms with Crippen LogP contribution >= 0.6 is 15.9 Å². The van der Waals surface area contributed by atoms with Gasteiger partial charge in [-0.15, -0.1) is 0 Å². The minimum absolute atomic E-state index is 0.780. The van der Waals surface area contributed by atoms with Crippen LogP contribution in [0.2, 0.25) is 0 Å². The fourth-order valence-corrected chi connectivity index (χ4v) is 1.70. The van der Waals surface area contributed by atoms with Crippen molar-refractivity contribution in [2.75, 3.05) is 0 Å². The first-order valence-electron chi connectivity index (χ1n) is 3.68. The molecule has 0 aromatic carbocycles. The van der Waals surface area contributed by atoms with Gasteiger partial charge in [0.05, 0.1) is 0 Å². The lowest BCUT2D eigenvalue weighted by atomic mass is 10.1. The summed E-state index contributed by atoms with van der Waals surface area (Å²) in [7, 11) is 0. The van der Waals surface area contributed by atoms with Crippen LogP contribution in [0.1, 0.15) is 32.1 Å². The Bertz CT molecular complexity index is 96.7. The van der Waals surface area contributed by atoms with Gasteiger partial charge in [0.15, 0.2) is 0 Å². The molecule has 1 aliphatic carbocycles. The van der Waals surface area contributed by atoms with Gasteiger partial charge in [-0.1, -0.05) is 28.1 Å². The lowest BCUT2D eigenvalue weighted by Crippen LogP contribution is -1.97. The Hall–Kier alpha value is 0.220. The molecule has 0 fully saturated rings. The predicted octanol–water partition coefficient (Wildman–Crippen LogP) is 3.27. The summed E-state index contributed by atoms with van der Waals surface area (Å²) in [6, 6.07) is 0. The highest BCUT2D eigenvalue weighted by atomic mass is 79.9. The van der Waals surface area contributed by atoms with E-state index in [9.17, 15) is 0 Å². The summed E-state index contributed by atoms with van der Waals surface area (Å²) in [6.07, 6.45) is 11.2. The van der Waals surface area contributed by atoms with E-state index in [1.165, 1.54) is 32.1 Å². The van der Waals surface area contributed by atoms with Crippen molar-refractivity contribution in [3.8, 4) is 0 Å². The molecule has 1 atom stereocenters. The van der Waals surface area contributed by atoms with E-state index in [0.717, 1.165) is 4.83 Å². The fourth-order valence-electron chi connectivity index (χ4n) is 1.11. The van der Waals surface area contributed by atoms with Gasteiger partial charge < -0.3 is 0 Å². The van der Waals surface area contributed by atoms with Crippen molar-refractivity contribution in [2.24, 2.45) is 0 Å². The lowest BCUT2D eigenvalue weighted by molar-refractivity contribution is 0.661. The molecule has 0 aromatic rings. The number of allylic oxidation sites excluding steroid dienone is 2. The van der Waals surface area contributed by atoms with Crippen molar-refractivity contribution in [2.45, 2.75) is 36.9 Å². The Morgan fingerprint density at radius 1 is 1.11 bits per heavy atom. The summed E-state index contributed by atoms with van der Waals surface area (Å²) in [6.45, 7) is 0. The van der Waals surface area contributed by atoms with Crippen LogP contribution in [0, 0.1) is 0 Å². The Labute approximate surface area is 65.5 Å². The Kier molecular flexibility index (Phi) is 3.34. The van der Waals surface area contributed by atoms with Crippen molar-refractivity contribution in [3.05, 3.63) is 12.2 Å². The molecule has 0 saturated heterocycles. The van der Waals surface area contributed by atoms with Gasteiger partial charge in [0.25, 0.3) is 0 Å². The molecule has 0 saturated carbocycles. The molecular formula is C8H13Br. The molecule has 1 unspecified atom stereocenters. The first-order chi connectivity index (χ1) is 4.39. The van der Waals surface area contributed by atoms with Crippen molar-refractivity contribution < 1.29 is 0 Å². The first-order valence-corrected chi connectivity index (χ1v) is 4.60. The molecule has 1 heteroatoms. The van der Waals surface area contributed by atoms with Gasteiger partial charge >= 0.3 is 0 Å². The van der Waals surface area contributed by atoms with Gasteiger partial charge in [0.2, 0.25) is 0 Å². The zero-order chi connectivity index (χ0) is 6.53. The van der Waals surface area contributed by atoms with E-state index in [0.29, 0.717) is 0 Å². The van der Waals surface area contributed by atoms with Gasteiger partial charge in [0.1, 0.15) is 0 Å². The zero-order valence-electron chi connectivity index (χ0n) is 5.65. The van der Waals surface area contributed by atoms with Crippen LogP contribution in [0.15, 0.2) is 12.2 Å². The SMILES string of the molecule is BrC1CCC=CCCC1. The zero-order valence-corrected chi connectivity index (χ0v) is 7.23. The Morgan fingerprint density at radius 3 is 2.78 bits per heavy atom. The second kappa shape index (κ2) is 4.10. The van der Waals surface area contributed by atoms with E-state index in [-0.39, 0.29) is 0 Å². The minimum Gasteiger partial charge on any atom is -0.0891 e. The molecule has 0 heterocycles. The van der Waals surface area contributed by atoms with Crippen molar-refractivity contribution in [1.29, 1.82) is 0 Å². The van der Waals surface area contributed by atoms with Gasteiger partial charge in [-0.3, -0.25) is 0 Å². The van der Waals surface area contributed by atoms with Crippen LogP contribution in [0.5, 0.6) is 0 Å².